The van der Waals surface area contributed by atoms with Gasteiger partial charge in [-0.1, -0.05) is 6.92 Å². The molecular formula is C14H21BrN2OS. The Kier molecular flexibility index (Phi) is 6.01. The number of nitrogens with one attached hydrogen (secondary N) is 1. The molecule has 3 nitrogen and oxygen atoms in total. The van der Waals surface area contributed by atoms with Crippen LogP contribution in [-0.2, 0) is 0 Å². The molecule has 0 spiro atoms. The van der Waals surface area contributed by atoms with Gasteiger partial charge in [0.1, 0.15) is 0 Å². The van der Waals surface area contributed by atoms with E-state index in [0.717, 1.165) is 47.6 Å². The van der Waals surface area contributed by atoms with Crippen molar-refractivity contribution in [1.82, 2.24) is 10.2 Å². The standard InChI is InChI=1S/C14H21BrN2OS/c1-2-9-17(11-5-7-16-8-6-11)10-12(18)13-3-4-14(15)19-13/h3-4,11,16H,2,5-10H2,1H3. The number of hydrogen-bond acceptors (Lipinski definition) is 4. The van der Waals surface area contributed by atoms with Gasteiger partial charge in [-0.05, 0) is 67.0 Å². The first-order chi connectivity index (χ1) is 9.20. The van der Waals surface area contributed by atoms with Crippen LogP contribution in [0.1, 0.15) is 35.9 Å². The molecule has 19 heavy (non-hydrogen) atoms. The fourth-order valence-electron chi connectivity index (χ4n) is 2.58. The van der Waals surface area contributed by atoms with Gasteiger partial charge in [0, 0.05) is 6.04 Å². The van der Waals surface area contributed by atoms with Gasteiger partial charge in [0.25, 0.3) is 0 Å². The third-order valence-corrected chi connectivity index (χ3v) is 5.20. The van der Waals surface area contributed by atoms with Crippen LogP contribution < -0.4 is 5.32 Å². The highest BCUT2D eigenvalue weighted by atomic mass is 79.9. The monoisotopic (exact) mass is 344 g/mol. The van der Waals surface area contributed by atoms with Crippen LogP contribution in [0.4, 0.5) is 0 Å². The zero-order chi connectivity index (χ0) is 13.7. The summed E-state index contributed by atoms with van der Waals surface area (Å²) in [5.74, 6) is 0.252. The second-order valence-corrected chi connectivity index (χ2v) is 7.44. The number of ketones is 1. The summed E-state index contributed by atoms with van der Waals surface area (Å²) in [5.41, 5.74) is 0. The molecule has 1 saturated heterocycles. The summed E-state index contributed by atoms with van der Waals surface area (Å²) in [7, 11) is 0. The molecule has 1 aliphatic rings. The number of halogens is 1. The van der Waals surface area contributed by atoms with Crippen molar-refractivity contribution in [3.05, 3.63) is 20.8 Å². The second-order valence-electron chi connectivity index (χ2n) is 4.98. The van der Waals surface area contributed by atoms with Crippen LogP contribution in [0.25, 0.3) is 0 Å². The van der Waals surface area contributed by atoms with Gasteiger partial charge in [-0.25, -0.2) is 0 Å². The van der Waals surface area contributed by atoms with Gasteiger partial charge in [0.15, 0.2) is 5.78 Å². The lowest BCUT2D eigenvalue weighted by Crippen LogP contribution is -2.45. The highest BCUT2D eigenvalue weighted by Crippen LogP contribution is 2.23. The predicted molar refractivity (Wildman–Crippen MR) is 84.1 cm³/mol. The van der Waals surface area contributed by atoms with Crippen molar-refractivity contribution in [3.63, 3.8) is 0 Å². The Morgan fingerprint density at radius 1 is 1.47 bits per heavy atom. The SMILES string of the molecule is CCCN(CC(=O)c1ccc(Br)s1)C1CCNCC1. The maximum atomic E-state index is 12.3. The molecule has 0 radical (unpaired) electrons. The number of carbonyl (C=O) groups is 1. The fourth-order valence-corrected chi connectivity index (χ4v) is 3.89. The summed E-state index contributed by atoms with van der Waals surface area (Å²) in [6.07, 6.45) is 3.41. The van der Waals surface area contributed by atoms with Gasteiger partial charge in [0.05, 0.1) is 15.2 Å². The average molecular weight is 345 g/mol. The van der Waals surface area contributed by atoms with E-state index in [4.69, 9.17) is 0 Å². The summed E-state index contributed by atoms with van der Waals surface area (Å²) < 4.78 is 1.03. The van der Waals surface area contributed by atoms with E-state index in [1.807, 2.05) is 12.1 Å². The van der Waals surface area contributed by atoms with Crippen molar-refractivity contribution < 1.29 is 4.79 Å². The number of carbonyl (C=O) groups excluding carboxylic acids is 1. The zero-order valence-corrected chi connectivity index (χ0v) is 13.7. The average Bonchev–Trinajstić information content (AvgIpc) is 2.86. The second kappa shape index (κ2) is 7.53. The Hall–Kier alpha value is -0.230. The Morgan fingerprint density at radius 2 is 2.21 bits per heavy atom. The van der Waals surface area contributed by atoms with Crippen LogP contribution in [0, 0.1) is 0 Å². The van der Waals surface area contributed by atoms with Crippen molar-refractivity contribution in [2.45, 2.75) is 32.2 Å². The molecule has 0 aliphatic carbocycles. The predicted octanol–water partition coefficient (Wildman–Crippen LogP) is 3.16. The van der Waals surface area contributed by atoms with Gasteiger partial charge in [-0.15, -0.1) is 11.3 Å². The molecule has 0 saturated carbocycles. The smallest absolute Gasteiger partial charge is 0.186 e. The molecular weight excluding hydrogens is 324 g/mol. The first kappa shape index (κ1) is 15.2. The highest BCUT2D eigenvalue weighted by Gasteiger charge is 2.23. The molecule has 0 atom stereocenters. The van der Waals surface area contributed by atoms with E-state index in [0.29, 0.717) is 12.6 Å². The number of Topliss-reactive ketones (excluding diaryl/α,β-unsaturated/α-hetero) is 1. The Bertz CT molecular complexity index is 415. The minimum absolute atomic E-state index is 0.252. The number of thiophene rings is 1. The van der Waals surface area contributed by atoms with Gasteiger partial charge >= 0.3 is 0 Å². The van der Waals surface area contributed by atoms with Crippen molar-refractivity contribution in [3.8, 4) is 0 Å². The van der Waals surface area contributed by atoms with Gasteiger partial charge in [-0.2, -0.15) is 0 Å². The summed E-state index contributed by atoms with van der Waals surface area (Å²) in [6, 6.07) is 4.43. The van der Waals surface area contributed by atoms with Crippen molar-refractivity contribution in [1.29, 1.82) is 0 Å². The highest BCUT2D eigenvalue weighted by molar-refractivity contribution is 9.11. The number of hydrogen-bond donors (Lipinski definition) is 1. The zero-order valence-electron chi connectivity index (χ0n) is 11.3. The van der Waals surface area contributed by atoms with Crippen LogP contribution in [0.3, 0.4) is 0 Å². The lowest BCUT2D eigenvalue weighted by Gasteiger charge is -2.33. The molecule has 1 aliphatic heterocycles. The molecule has 2 heterocycles. The first-order valence-corrected chi connectivity index (χ1v) is 8.55. The summed E-state index contributed by atoms with van der Waals surface area (Å²) in [6.45, 7) is 5.90. The van der Waals surface area contributed by atoms with Crippen LogP contribution in [0.5, 0.6) is 0 Å². The van der Waals surface area contributed by atoms with E-state index in [2.05, 4.69) is 33.1 Å². The van der Waals surface area contributed by atoms with E-state index < -0.39 is 0 Å². The topological polar surface area (TPSA) is 32.3 Å². The Balaban J connectivity index is 1.97. The molecule has 5 heteroatoms. The Labute approximate surface area is 127 Å². The van der Waals surface area contributed by atoms with Crippen molar-refractivity contribution in [2.24, 2.45) is 0 Å². The van der Waals surface area contributed by atoms with Crippen molar-refractivity contribution >= 4 is 33.0 Å². The number of rotatable bonds is 6. The molecule has 1 aromatic rings. The number of piperidine rings is 1. The van der Waals surface area contributed by atoms with Gasteiger partial charge in [0.2, 0.25) is 0 Å². The van der Waals surface area contributed by atoms with Gasteiger partial charge in [-0.3, -0.25) is 9.69 Å². The minimum Gasteiger partial charge on any atom is -0.317 e. The molecule has 1 aromatic heterocycles. The number of nitrogens with zero attached hydrogens (tertiary/aromatic N) is 1. The molecule has 106 valence electrons. The molecule has 1 N–H and O–H groups in total. The molecule has 2 rings (SSSR count). The maximum absolute atomic E-state index is 12.3. The summed E-state index contributed by atoms with van der Waals surface area (Å²) in [5, 5.41) is 3.38. The molecule has 1 fully saturated rings. The van der Waals surface area contributed by atoms with E-state index in [1.54, 1.807) is 0 Å². The van der Waals surface area contributed by atoms with Crippen LogP contribution in [-0.4, -0.2) is 42.9 Å². The molecule has 0 aromatic carbocycles. The lowest BCUT2D eigenvalue weighted by atomic mass is 10.0. The quantitative estimate of drug-likeness (QED) is 0.804. The molecule has 0 amide bonds. The van der Waals surface area contributed by atoms with E-state index >= 15 is 0 Å². The van der Waals surface area contributed by atoms with Crippen LogP contribution in [0.2, 0.25) is 0 Å². The largest absolute Gasteiger partial charge is 0.317 e. The maximum Gasteiger partial charge on any atom is 0.186 e. The lowest BCUT2D eigenvalue weighted by molar-refractivity contribution is 0.0869. The minimum atomic E-state index is 0.252. The van der Waals surface area contributed by atoms with E-state index in [9.17, 15) is 4.79 Å². The van der Waals surface area contributed by atoms with E-state index in [1.165, 1.54) is 11.3 Å². The normalized spacial score (nSPS) is 17.0. The summed E-state index contributed by atoms with van der Waals surface area (Å²) in [4.78, 5) is 15.6. The fraction of sp³-hybridized carbons (Fsp3) is 0.643. The molecule has 0 bridgehead atoms. The van der Waals surface area contributed by atoms with Crippen LogP contribution >= 0.6 is 27.3 Å². The van der Waals surface area contributed by atoms with Gasteiger partial charge < -0.3 is 5.32 Å². The van der Waals surface area contributed by atoms with Crippen LogP contribution in [0.15, 0.2) is 15.9 Å². The first-order valence-electron chi connectivity index (χ1n) is 6.94. The third kappa shape index (κ3) is 4.38. The molecule has 0 unspecified atom stereocenters. The van der Waals surface area contributed by atoms with E-state index in [-0.39, 0.29) is 5.78 Å². The summed E-state index contributed by atoms with van der Waals surface area (Å²) >= 11 is 4.95. The Morgan fingerprint density at radius 3 is 2.79 bits per heavy atom. The van der Waals surface area contributed by atoms with Crippen molar-refractivity contribution in [2.75, 3.05) is 26.2 Å². The third-order valence-electron chi connectivity index (χ3n) is 3.53.